The fourth-order valence-corrected chi connectivity index (χ4v) is 2.41. The maximum atomic E-state index is 5.03. The zero-order valence-corrected chi connectivity index (χ0v) is 13.5. The van der Waals surface area contributed by atoms with Crippen LogP contribution in [0.2, 0.25) is 0 Å². The normalized spacial score (nSPS) is 17.5. The molecule has 1 saturated heterocycles. The van der Waals surface area contributed by atoms with Crippen molar-refractivity contribution in [1.82, 2.24) is 15.5 Å². The molecule has 0 saturated carbocycles. The van der Waals surface area contributed by atoms with E-state index in [0.717, 1.165) is 30.4 Å². The van der Waals surface area contributed by atoms with Gasteiger partial charge in [-0.3, -0.25) is 0 Å². The average Bonchev–Trinajstić information content (AvgIpc) is 2.85. The van der Waals surface area contributed by atoms with E-state index in [1.807, 2.05) is 25.1 Å². The van der Waals surface area contributed by atoms with Crippen molar-refractivity contribution in [2.24, 2.45) is 0 Å². The van der Waals surface area contributed by atoms with Gasteiger partial charge in [0.2, 0.25) is 0 Å². The van der Waals surface area contributed by atoms with Crippen molar-refractivity contribution in [3.63, 3.8) is 0 Å². The highest BCUT2D eigenvalue weighted by atomic mass is 35.5. The molecule has 1 aliphatic heterocycles. The first-order chi connectivity index (χ1) is 9.31. The van der Waals surface area contributed by atoms with Crippen molar-refractivity contribution in [2.75, 3.05) is 18.4 Å². The Hall–Kier alpha value is -1.30. The first kappa shape index (κ1) is 17.8. The fraction of sp³-hybridized carbons (Fsp3) is 0.429. The van der Waals surface area contributed by atoms with Crippen LogP contribution in [0.25, 0.3) is 0 Å². The van der Waals surface area contributed by atoms with E-state index in [0.29, 0.717) is 11.7 Å². The molecule has 3 rings (SSSR count). The van der Waals surface area contributed by atoms with Crippen LogP contribution in [0.15, 0.2) is 28.8 Å². The largest absolute Gasteiger partial charge is 0.360 e. The molecule has 2 N–H and O–H groups in total. The first-order valence-electron chi connectivity index (χ1n) is 6.69. The quantitative estimate of drug-likeness (QED) is 0.902. The summed E-state index contributed by atoms with van der Waals surface area (Å²) in [6.45, 7) is 4.00. The summed E-state index contributed by atoms with van der Waals surface area (Å²) in [5.41, 5.74) is 1.14. The number of rotatable bonds is 3. The summed E-state index contributed by atoms with van der Waals surface area (Å²) in [6, 6.07) is 7.93. The Morgan fingerprint density at radius 1 is 1.29 bits per heavy atom. The molecule has 3 heterocycles. The maximum Gasteiger partial charge on any atom is 0.175 e. The van der Waals surface area contributed by atoms with Crippen LogP contribution in [-0.4, -0.2) is 23.2 Å². The van der Waals surface area contributed by atoms with E-state index in [1.54, 1.807) is 0 Å². The molecule has 0 bridgehead atoms. The van der Waals surface area contributed by atoms with Crippen LogP contribution in [-0.2, 0) is 0 Å². The molecule has 0 spiro atoms. The lowest BCUT2D eigenvalue weighted by Gasteiger charge is -2.22. The van der Waals surface area contributed by atoms with Crippen LogP contribution < -0.4 is 10.6 Å². The lowest BCUT2D eigenvalue weighted by Crippen LogP contribution is -2.28. The molecule has 1 aliphatic rings. The van der Waals surface area contributed by atoms with E-state index in [2.05, 4.69) is 26.8 Å². The summed E-state index contributed by atoms with van der Waals surface area (Å²) in [6.07, 6.45) is 2.42. The predicted molar refractivity (Wildman–Crippen MR) is 88.1 cm³/mol. The van der Waals surface area contributed by atoms with Gasteiger partial charge in [0.25, 0.3) is 0 Å². The van der Waals surface area contributed by atoms with Gasteiger partial charge in [0.1, 0.15) is 11.6 Å². The average molecular weight is 331 g/mol. The third-order valence-corrected chi connectivity index (χ3v) is 3.37. The SMILES string of the molecule is Cc1cc(Nc2cccc(C3CCCNC3)n2)no1.Cl.Cl. The second-order valence-electron chi connectivity index (χ2n) is 4.94. The summed E-state index contributed by atoms with van der Waals surface area (Å²) >= 11 is 0. The molecule has 116 valence electrons. The molecule has 7 heteroatoms. The summed E-state index contributed by atoms with van der Waals surface area (Å²) < 4.78 is 5.03. The molecule has 5 nitrogen and oxygen atoms in total. The van der Waals surface area contributed by atoms with E-state index in [4.69, 9.17) is 4.52 Å². The number of hydrogen-bond donors (Lipinski definition) is 2. The lowest BCUT2D eigenvalue weighted by atomic mass is 9.96. The van der Waals surface area contributed by atoms with Crippen molar-refractivity contribution in [1.29, 1.82) is 0 Å². The molecule has 0 radical (unpaired) electrons. The molecule has 2 aromatic rings. The van der Waals surface area contributed by atoms with Gasteiger partial charge in [0.15, 0.2) is 5.82 Å². The Bertz CT molecular complexity index is 555. The van der Waals surface area contributed by atoms with Gasteiger partial charge >= 0.3 is 0 Å². The second-order valence-corrected chi connectivity index (χ2v) is 4.94. The van der Waals surface area contributed by atoms with Gasteiger partial charge in [-0.2, -0.15) is 0 Å². The number of nitrogens with zero attached hydrogens (tertiary/aromatic N) is 2. The number of anilines is 2. The van der Waals surface area contributed by atoms with Gasteiger partial charge in [-0.05, 0) is 38.4 Å². The summed E-state index contributed by atoms with van der Waals surface area (Å²) in [7, 11) is 0. The zero-order valence-electron chi connectivity index (χ0n) is 11.8. The number of piperidine rings is 1. The summed E-state index contributed by atoms with van der Waals surface area (Å²) in [4.78, 5) is 4.67. The highest BCUT2D eigenvalue weighted by Crippen LogP contribution is 2.23. The minimum absolute atomic E-state index is 0. The van der Waals surface area contributed by atoms with Crippen molar-refractivity contribution >= 4 is 36.4 Å². The second kappa shape index (κ2) is 8.22. The van der Waals surface area contributed by atoms with E-state index in [-0.39, 0.29) is 24.8 Å². The monoisotopic (exact) mass is 330 g/mol. The molecular weight excluding hydrogens is 311 g/mol. The Kier molecular flexibility index (Phi) is 6.95. The van der Waals surface area contributed by atoms with Crippen LogP contribution in [0.3, 0.4) is 0 Å². The Morgan fingerprint density at radius 2 is 2.14 bits per heavy atom. The van der Waals surface area contributed by atoms with Gasteiger partial charge in [-0.25, -0.2) is 4.98 Å². The van der Waals surface area contributed by atoms with E-state index < -0.39 is 0 Å². The van der Waals surface area contributed by atoms with Gasteiger partial charge in [-0.1, -0.05) is 11.2 Å². The third-order valence-electron chi connectivity index (χ3n) is 3.37. The van der Waals surface area contributed by atoms with Crippen LogP contribution in [0, 0.1) is 6.92 Å². The summed E-state index contributed by atoms with van der Waals surface area (Å²) in [5, 5.41) is 10.5. The Morgan fingerprint density at radius 3 is 2.81 bits per heavy atom. The van der Waals surface area contributed by atoms with Crippen LogP contribution in [0.1, 0.15) is 30.2 Å². The minimum atomic E-state index is 0. The highest BCUT2D eigenvalue weighted by molar-refractivity contribution is 5.85. The molecule has 0 aliphatic carbocycles. The van der Waals surface area contributed by atoms with Gasteiger partial charge < -0.3 is 15.2 Å². The van der Waals surface area contributed by atoms with Gasteiger partial charge in [0, 0.05) is 24.2 Å². The van der Waals surface area contributed by atoms with Crippen molar-refractivity contribution in [3.8, 4) is 0 Å². The number of halogens is 2. The molecule has 1 unspecified atom stereocenters. The molecule has 2 aromatic heterocycles. The van der Waals surface area contributed by atoms with E-state index in [9.17, 15) is 0 Å². The number of hydrogen-bond acceptors (Lipinski definition) is 5. The van der Waals surface area contributed by atoms with Crippen molar-refractivity contribution in [3.05, 3.63) is 35.7 Å². The van der Waals surface area contributed by atoms with Gasteiger partial charge in [0.05, 0.1) is 0 Å². The third kappa shape index (κ3) is 4.59. The van der Waals surface area contributed by atoms with E-state index >= 15 is 0 Å². The molecule has 1 fully saturated rings. The maximum absolute atomic E-state index is 5.03. The Labute approximate surface area is 136 Å². The fourth-order valence-electron chi connectivity index (χ4n) is 2.41. The van der Waals surface area contributed by atoms with Crippen LogP contribution in [0.5, 0.6) is 0 Å². The van der Waals surface area contributed by atoms with Crippen LogP contribution in [0.4, 0.5) is 11.6 Å². The molecule has 21 heavy (non-hydrogen) atoms. The van der Waals surface area contributed by atoms with Crippen molar-refractivity contribution < 1.29 is 4.52 Å². The molecule has 0 aromatic carbocycles. The Balaban J connectivity index is 0.00000110. The topological polar surface area (TPSA) is 63.0 Å². The van der Waals surface area contributed by atoms with Gasteiger partial charge in [-0.15, -0.1) is 24.8 Å². The number of nitrogens with one attached hydrogen (secondary N) is 2. The number of pyridine rings is 1. The van der Waals surface area contributed by atoms with Crippen molar-refractivity contribution in [2.45, 2.75) is 25.7 Å². The molecule has 0 amide bonds. The smallest absolute Gasteiger partial charge is 0.175 e. The number of aromatic nitrogens is 2. The molecule has 1 atom stereocenters. The lowest BCUT2D eigenvalue weighted by molar-refractivity contribution is 0.400. The number of aryl methyl sites for hydroxylation is 1. The highest BCUT2D eigenvalue weighted by Gasteiger charge is 2.16. The summed E-state index contributed by atoms with van der Waals surface area (Å²) in [5.74, 6) is 2.81. The predicted octanol–water partition coefficient (Wildman–Crippen LogP) is 3.43. The minimum Gasteiger partial charge on any atom is -0.360 e. The van der Waals surface area contributed by atoms with Crippen LogP contribution >= 0.6 is 24.8 Å². The zero-order chi connectivity index (χ0) is 13.1. The standard InChI is InChI=1S/C14H18N4O.2ClH/c1-10-8-14(18-19-10)17-13-6-2-5-12(16-13)11-4-3-7-15-9-11;;/h2,5-6,8,11,15H,3-4,7,9H2,1H3,(H,16,17,18);2*1H. The first-order valence-corrected chi connectivity index (χ1v) is 6.69. The molecular formula is C14H20Cl2N4O. The van der Waals surface area contributed by atoms with E-state index in [1.165, 1.54) is 12.8 Å².